The quantitative estimate of drug-likeness (QED) is 0.941. The van der Waals surface area contributed by atoms with Gasteiger partial charge in [0.15, 0.2) is 0 Å². The molecule has 23 heavy (non-hydrogen) atoms. The molecule has 0 bridgehead atoms. The number of rotatable bonds is 3. The summed E-state index contributed by atoms with van der Waals surface area (Å²) in [7, 11) is 0. The van der Waals surface area contributed by atoms with E-state index in [1.807, 2.05) is 47.5 Å². The van der Waals surface area contributed by atoms with Crippen molar-refractivity contribution in [2.75, 3.05) is 32.9 Å². The summed E-state index contributed by atoms with van der Waals surface area (Å²) in [4.78, 5) is 16.0. The molecule has 1 aromatic heterocycles. The van der Waals surface area contributed by atoms with Gasteiger partial charge in [0.1, 0.15) is 0 Å². The third-order valence-corrected chi connectivity index (χ3v) is 5.06. The van der Waals surface area contributed by atoms with Crippen molar-refractivity contribution in [3.63, 3.8) is 0 Å². The number of carbonyl (C=O) groups is 1. The summed E-state index contributed by atoms with van der Waals surface area (Å²) in [5.74, 6) is 0.0125. The molecule has 1 fully saturated rings. The van der Waals surface area contributed by atoms with Crippen molar-refractivity contribution >= 4 is 17.2 Å². The Kier molecular flexibility index (Phi) is 5.10. The van der Waals surface area contributed by atoms with Gasteiger partial charge in [0.2, 0.25) is 0 Å². The van der Waals surface area contributed by atoms with E-state index in [9.17, 15) is 9.90 Å². The van der Waals surface area contributed by atoms with Gasteiger partial charge in [0.05, 0.1) is 18.8 Å². The normalized spacial score (nSPS) is 18.7. The zero-order valence-electron chi connectivity index (χ0n) is 13.2. The number of carbonyl (C=O) groups excluding carboxylic acids is 1. The van der Waals surface area contributed by atoms with Crippen LogP contribution in [0.15, 0.2) is 35.7 Å². The first-order valence-electron chi connectivity index (χ1n) is 7.82. The number of aryl methyl sites for hydroxylation is 1. The maximum atomic E-state index is 13.0. The number of nitrogens with zero attached hydrogens (tertiary/aromatic N) is 1. The molecule has 1 atom stereocenters. The van der Waals surface area contributed by atoms with Crippen LogP contribution in [0.5, 0.6) is 0 Å². The Morgan fingerprint density at radius 1 is 1.39 bits per heavy atom. The van der Waals surface area contributed by atoms with Gasteiger partial charge in [-0.2, -0.15) is 0 Å². The molecule has 5 heteroatoms. The lowest BCUT2D eigenvalue weighted by Crippen LogP contribution is -2.36. The van der Waals surface area contributed by atoms with Crippen LogP contribution < -0.4 is 0 Å². The van der Waals surface area contributed by atoms with E-state index in [-0.39, 0.29) is 18.4 Å². The second-order valence-corrected chi connectivity index (χ2v) is 6.91. The van der Waals surface area contributed by atoms with Gasteiger partial charge in [-0.05, 0) is 12.5 Å². The number of hydrogen-bond donors (Lipinski definition) is 1. The summed E-state index contributed by atoms with van der Waals surface area (Å²) < 4.78 is 5.48. The zero-order valence-corrected chi connectivity index (χ0v) is 14.0. The molecule has 0 radical (unpaired) electrons. The van der Waals surface area contributed by atoms with E-state index >= 15 is 0 Å². The largest absolute Gasteiger partial charge is 0.396 e. The number of aliphatic hydroxyl groups excluding tert-OH is 1. The lowest BCUT2D eigenvalue weighted by Gasteiger charge is -2.23. The van der Waals surface area contributed by atoms with Gasteiger partial charge < -0.3 is 14.7 Å². The van der Waals surface area contributed by atoms with E-state index in [1.165, 1.54) is 0 Å². The minimum absolute atomic E-state index is 0.0126. The fourth-order valence-electron chi connectivity index (χ4n) is 2.92. The minimum atomic E-state index is -0.0126. The van der Waals surface area contributed by atoms with Crippen LogP contribution in [0.3, 0.4) is 0 Å². The predicted molar refractivity (Wildman–Crippen MR) is 91.8 cm³/mol. The van der Waals surface area contributed by atoms with Crippen LogP contribution in [0.4, 0.5) is 0 Å². The van der Waals surface area contributed by atoms with Crippen LogP contribution in [-0.4, -0.2) is 48.8 Å². The number of amides is 1. The highest BCUT2D eigenvalue weighted by atomic mass is 32.1. The Hall–Kier alpha value is -1.69. The van der Waals surface area contributed by atoms with E-state index in [0.29, 0.717) is 26.3 Å². The van der Waals surface area contributed by atoms with E-state index in [1.54, 1.807) is 11.3 Å². The molecule has 0 saturated carbocycles. The Balaban J connectivity index is 1.91. The topological polar surface area (TPSA) is 49.8 Å². The van der Waals surface area contributed by atoms with Crippen molar-refractivity contribution in [3.05, 3.63) is 46.2 Å². The first-order chi connectivity index (χ1) is 11.2. The van der Waals surface area contributed by atoms with Gasteiger partial charge in [-0.3, -0.25) is 4.79 Å². The first kappa shape index (κ1) is 16.2. The lowest BCUT2D eigenvalue weighted by atomic mass is 10.0. The molecule has 1 saturated heterocycles. The molecule has 3 rings (SSSR count). The van der Waals surface area contributed by atoms with E-state index in [2.05, 4.69) is 0 Å². The Morgan fingerprint density at radius 2 is 2.17 bits per heavy atom. The molecule has 1 N–H and O–H groups in total. The average Bonchev–Trinajstić information content (AvgIpc) is 2.82. The summed E-state index contributed by atoms with van der Waals surface area (Å²) in [6.07, 6.45) is 0. The summed E-state index contributed by atoms with van der Waals surface area (Å²) in [6.45, 7) is 4.22. The molecule has 1 aromatic carbocycles. The van der Waals surface area contributed by atoms with Gasteiger partial charge in [-0.25, -0.2) is 0 Å². The Labute approximate surface area is 140 Å². The molecule has 0 spiro atoms. The average molecular weight is 331 g/mol. The standard InChI is InChI=1S/C18H21NO3S/c1-13-17(15-5-3-2-4-6-15)16(12-23-13)18(21)19-7-8-22-11-14(9-19)10-20/h2-6,12,14,20H,7-11H2,1H3/t14-/m0/s1. The van der Waals surface area contributed by atoms with Crippen LogP contribution in [-0.2, 0) is 4.74 Å². The van der Waals surface area contributed by atoms with Crippen LogP contribution >= 0.6 is 11.3 Å². The van der Waals surface area contributed by atoms with Gasteiger partial charge >= 0.3 is 0 Å². The van der Waals surface area contributed by atoms with E-state index in [0.717, 1.165) is 21.6 Å². The predicted octanol–water partition coefficient (Wildman–Crippen LogP) is 2.80. The third-order valence-electron chi connectivity index (χ3n) is 4.15. The molecule has 0 unspecified atom stereocenters. The maximum Gasteiger partial charge on any atom is 0.255 e. The smallest absolute Gasteiger partial charge is 0.255 e. The SMILES string of the molecule is Cc1scc(C(=O)N2CCOC[C@H](CO)C2)c1-c1ccccc1. The second kappa shape index (κ2) is 7.25. The highest BCUT2D eigenvalue weighted by molar-refractivity contribution is 7.10. The number of hydrogen-bond acceptors (Lipinski definition) is 4. The Morgan fingerprint density at radius 3 is 2.91 bits per heavy atom. The molecule has 122 valence electrons. The zero-order chi connectivity index (χ0) is 16.2. The summed E-state index contributed by atoms with van der Waals surface area (Å²) >= 11 is 1.60. The molecule has 2 heterocycles. The van der Waals surface area contributed by atoms with Gasteiger partial charge in [0.25, 0.3) is 5.91 Å². The molecular weight excluding hydrogens is 310 g/mol. The number of thiophene rings is 1. The molecular formula is C18H21NO3S. The van der Waals surface area contributed by atoms with Crippen molar-refractivity contribution in [1.82, 2.24) is 4.90 Å². The van der Waals surface area contributed by atoms with Gasteiger partial charge in [0, 0.05) is 41.4 Å². The molecule has 1 aliphatic heterocycles. The van der Waals surface area contributed by atoms with Crippen LogP contribution in [0, 0.1) is 12.8 Å². The molecule has 0 aliphatic carbocycles. The van der Waals surface area contributed by atoms with Gasteiger partial charge in [-0.15, -0.1) is 11.3 Å². The van der Waals surface area contributed by atoms with Crippen molar-refractivity contribution < 1.29 is 14.6 Å². The maximum absolute atomic E-state index is 13.0. The van der Waals surface area contributed by atoms with Crippen molar-refractivity contribution in [1.29, 1.82) is 0 Å². The van der Waals surface area contributed by atoms with Gasteiger partial charge in [-0.1, -0.05) is 30.3 Å². The molecule has 1 amide bonds. The minimum Gasteiger partial charge on any atom is -0.396 e. The van der Waals surface area contributed by atoms with E-state index in [4.69, 9.17) is 4.74 Å². The van der Waals surface area contributed by atoms with Crippen molar-refractivity contribution in [2.45, 2.75) is 6.92 Å². The second-order valence-electron chi connectivity index (χ2n) is 5.82. The Bertz CT molecular complexity index is 668. The summed E-state index contributed by atoms with van der Waals surface area (Å²) in [6, 6.07) is 10.0. The van der Waals surface area contributed by atoms with Crippen molar-refractivity contribution in [2.24, 2.45) is 5.92 Å². The van der Waals surface area contributed by atoms with Crippen LogP contribution in [0.25, 0.3) is 11.1 Å². The fourth-order valence-corrected chi connectivity index (χ4v) is 3.78. The van der Waals surface area contributed by atoms with Crippen molar-refractivity contribution in [3.8, 4) is 11.1 Å². The fraction of sp³-hybridized carbons (Fsp3) is 0.389. The molecule has 1 aliphatic rings. The summed E-state index contributed by atoms with van der Waals surface area (Å²) in [5.41, 5.74) is 2.84. The molecule has 4 nitrogen and oxygen atoms in total. The number of ether oxygens (including phenoxy) is 1. The lowest BCUT2D eigenvalue weighted by molar-refractivity contribution is 0.0729. The van der Waals surface area contributed by atoms with E-state index < -0.39 is 0 Å². The van der Waals surface area contributed by atoms with Crippen LogP contribution in [0.1, 0.15) is 15.2 Å². The summed E-state index contributed by atoms with van der Waals surface area (Å²) in [5, 5.41) is 11.4. The third kappa shape index (κ3) is 3.47. The monoisotopic (exact) mass is 331 g/mol. The number of benzene rings is 1. The first-order valence-corrected chi connectivity index (χ1v) is 8.70. The highest BCUT2D eigenvalue weighted by Crippen LogP contribution is 2.33. The highest BCUT2D eigenvalue weighted by Gasteiger charge is 2.26. The van der Waals surface area contributed by atoms with Crippen LogP contribution in [0.2, 0.25) is 0 Å². The number of aliphatic hydroxyl groups is 1. The molecule has 2 aromatic rings.